The minimum Gasteiger partial charge on any atom is -0.373 e. The molecule has 8 nitrogen and oxygen atoms in total. The molecule has 0 radical (unpaired) electrons. The van der Waals surface area contributed by atoms with Crippen LogP contribution in [0.5, 0.6) is 0 Å². The summed E-state index contributed by atoms with van der Waals surface area (Å²) in [7, 11) is 4.88. The van der Waals surface area contributed by atoms with Crippen molar-refractivity contribution in [3.63, 3.8) is 0 Å². The van der Waals surface area contributed by atoms with Gasteiger partial charge in [-0.25, -0.2) is 23.1 Å². The summed E-state index contributed by atoms with van der Waals surface area (Å²) in [5.41, 5.74) is -0.838. The van der Waals surface area contributed by atoms with E-state index in [9.17, 15) is 22.8 Å². The minimum atomic E-state index is -2.92. The van der Waals surface area contributed by atoms with Crippen molar-refractivity contribution < 1.29 is 22.7 Å². The van der Waals surface area contributed by atoms with Gasteiger partial charge in [0.25, 0.3) is 12.0 Å². The first-order chi connectivity index (χ1) is 17.6. The van der Waals surface area contributed by atoms with E-state index in [0.717, 1.165) is 12.5 Å². The number of ether oxygens (including phenoxy) is 1. The Morgan fingerprint density at radius 3 is 2.70 bits per heavy atom. The Hall–Kier alpha value is -3.47. The number of carbonyl (C=O) groups excluding carboxylic acids is 1. The third-order valence-electron chi connectivity index (χ3n) is 7.93. The average Bonchev–Trinajstić information content (AvgIpc) is 3.46. The quantitative estimate of drug-likeness (QED) is 0.500. The number of aromatic nitrogens is 3. The molecule has 2 fully saturated rings. The van der Waals surface area contributed by atoms with Gasteiger partial charge in [-0.15, -0.1) is 0 Å². The summed E-state index contributed by atoms with van der Waals surface area (Å²) in [6.45, 7) is 2.03. The van der Waals surface area contributed by atoms with Crippen molar-refractivity contribution in [1.82, 2.24) is 19.4 Å². The molecule has 196 valence electrons. The number of amides is 1. The molecule has 1 aromatic carbocycles. The molecule has 3 heterocycles. The number of methoxy groups -OCH3 is 1. The molecule has 1 saturated carbocycles. The Labute approximate surface area is 211 Å². The van der Waals surface area contributed by atoms with Crippen molar-refractivity contribution in [2.24, 2.45) is 13.0 Å². The van der Waals surface area contributed by atoms with Crippen LogP contribution < -0.4 is 10.5 Å². The van der Waals surface area contributed by atoms with Gasteiger partial charge in [-0.2, -0.15) is 0 Å². The normalized spacial score (nSPS) is 22.9. The zero-order valence-corrected chi connectivity index (χ0v) is 21.0. The van der Waals surface area contributed by atoms with Crippen molar-refractivity contribution in [3.05, 3.63) is 63.5 Å². The summed E-state index contributed by atoms with van der Waals surface area (Å²) in [4.78, 5) is 37.8. The van der Waals surface area contributed by atoms with E-state index in [-0.39, 0.29) is 35.5 Å². The maximum absolute atomic E-state index is 14.7. The molecule has 3 atom stereocenters. The highest BCUT2D eigenvalue weighted by atomic mass is 19.3. The lowest BCUT2D eigenvalue weighted by molar-refractivity contribution is -0.135. The molecule has 2 unspecified atom stereocenters. The van der Waals surface area contributed by atoms with E-state index in [1.165, 1.54) is 23.0 Å². The van der Waals surface area contributed by atoms with Crippen molar-refractivity contribution in [3.8, 4) is 0 Å². The van der Waals surface area contributed by atoms with Crippen LogP contribution in [-0.4, -0.2) is 52.1 Å². The van der Waals surface area contributed by atoms with Crippen molar-refractivity contribution in [2.75, 3.05) is 25.6 Å². The van der Waals surface area contributed by atoms with Gasteiger partial charge in [0, 0.05) is 65.2 Å². The number of aryl methyl sites for hydroxylation is 1. The van der Waals surface area contributed by atoms with E-state index in [4.69, 9.17) is 4.74 Å². The van der Waals surface area contributed by atoms with Gasteiger partial charge in [0.2, 0.25) is 5.91 Å². The first kappa shape index (κ1) is 25.2. The Morgan fingerprint density at radius 1 is 1.32 bits per heavy atom. The predicted molar refractivity (Wildman–Crippen MR) is 131 cm³/mol. The molecule has 5 rings (SSSR count). The molecule has 1 aliphatic carbocycles. The number of anilines is 1. The maximum Gasteiger partial charge on any atom is 0.266 e. The second-order valence-corrected chi connectivity index (χ2v) is 9.89. The standard InChI is InChI=1S/C26H28F3N5O3/c1-14(35)34-12-16-8-17(34)10-26(16,37-4)20-9-19-23(30-13-31-24(19)33(3)25(20)36)32(2)11-15-6-5-7-18(21(15)27)22(28)29/h5-7,9,13,16-17,22H,8,10-12H2,1-4H3/t16-,17?,26?/m0/s1. The largest absolute Gasteiger partial charge is 0.373 e. The number of halogens is 3. The van der Waals surface area contributed by atoms with E-state index >= 15 is 0 Å². The summed E-state index contributed by atoms with van der Waals surface area (Å²) in [6.07, 6.45) is -0.368. The zero-order chi connectivity index (χ0) is 26.6. The van der Waals surface area contributed by atoms with Gasteiger partial charge in [0.15, 0.2) is 0 Å². The van der Waals surface area contributed by atoms with Crippen LogP contribution in [0.1, 0.15) is 42.9 Å². The maximum atomic E-state index is 14.7. The molecule has 11 heteroatoms. The number of pyridine rings is 1. The van der Waals surface area contributed by atoms with E-state index < -0.39 is 23.4 Å². The Bertz CT molecular complexity index is 1440. The lowest BCUT2D eigenvalue weighted by Crippen LogP contribution is -2.49. The molecule has 1 aliphatic heterocycles. The summed E-state index contributed by atoms with van der Waals surface area (Å²) in [5, 5.41) is 0.551. The fourth-order valence-electron chi connectivity index (χ4n) is 6.12. The Morgan fingerprint density at radius 2 is 2.08 bits per heavy atom. The summed E-state index contributed by atoms with van der Waals surface area (Å²) in [6, 6.07) is 5.64. The highest BCUT2D eigenvalue weighted by molar-refractivity contribution is 5.87. The van der Waals surface area contributed by atoms with Crippen molar-refractivity contribution in [1.29, 1.82) is 0 Å². The lowest BCUT2D eigenvalue weighted by Gasteiger charge is -2.40. The SMILES string of the molecule is COC1(c2cc3c(N(C)Cc4cccc(C(F)F)c4F)ncnc3n(C)c2=O)CC2C[C@H]1CN2C(C)=O. The van der Waals surface area contributed by atoms with Gasteiger partial charge in [0.1, 0.15) is 29.2 Å². The number of hydrogen-bond acceptors (Lipinski definition) is 6. The average molecular weight is 516 g/mol. The molecule has 37 heavy (non-hydrogen) atoms. The van der Waals surface area contributed by atoms with Gasteiger partial charge in [0.05, 0.1) is 16.5 Å². The van der Waals surface area contributed by atoms with Gasteiger partial charge in [-0.1, -0.05) is 18.2 Å². The molecule has 2 bridgehead atoms. The summed E-state index contributed by atoms with van der Waals surface area (Å²) >= 11 is 0. The highest BCUT2D eigenvalue weighted by Crippen LogP contribution is 2.52. The number of carbonyl (C=O) groups is 1. The number of rotatable bonds is 6. The monoisotopic (exact) mass is 515 g/mol. The van der Waals surface area contributed by atoms with E-state index in [1.54, 1.807) is 39.1 Å². The third-order valence-corrected chi connectivity index (χ3v) is 7.93. The fraction of sp³-hybridized carbons (Fsp3) is 0.462. The Balaban J connectivity index is 1.59. The zero-order valence-electron chi connectivity index (χ0n) is 21.0. The second kappa shape index (κ2) is 9.13. The molecular weight excluding hydrogens is 487 g/mol. The molecule has 0 spiro atoms. The van der Waals surface area contributed by atoms with Crippen LogP contribution >= 0.6 is 0 Å². The predicted octanol–water partition coefficient (Wildman–Crippen LogP) is 3.52. The molecular formula is C26H28F3N5O3. The number of fused-ring (bicyclic) bond motifs is 3. The number of piperidine rings is 1. The number of alkyl halides is 2. The van der Waals surface area contributed by atoms with Crippen LogP contribution in [0.2, 0.25) is 0 Å². The van der Waals surface area contributed by atoms with Crippen LogP contribution in [0, 0.1) is 11.7 Å². The van der Waals surface area contributed by atoms with E-state index in [1.807, 2.05) is 4.90 Å². The second-order valence-electron chi connectivity index (χ2n) is 9.89. The summed E-state index contributed by atoms with van der Waals surface area (Å²) in [5.74, 6) is -0.577. The fourth-order valence-corrected chi connectivity index (χ4v) is 6.12. The van der Waals surface area contributed by atoms with Gasteiger partial charge in [-0.05, 0) is 12.5 Å². The van der Waals surface area contributed by atoms with Crippen molar-refractivity contribution in [2.45, 2.75) is 44.4 Å². The number of hydrogen-bond donors (Lipinski definition) is 0. The van der Waals surface area contributed by atoms with E-state index in [2.05, 4.69) is 9.97 Å². The third kappa shape index (κ3) is 3.87. The number of likely N-dealkylation sites (tertiary alicyclic amines) is 1. The molecule has 3 aromatic rings. The highest BCUT2D eigenvalue weighted by Gasteiger charge is 2.57. The smallest absolute Gasteiger partial charge is 0.266 e. The first-order valence-corrected chi connectivity index (χ1v) is 12.0. The van der Waals surface area contributed by atoms with Crippen molar-refractivity contribution >= 4 is 22.8 Å². The minimum absolute atomic E-state index is 0.00377. The lowest BCUT2D eigenvalue weighted by atomic mass is 9.82. The van der Waals surface area contributed by atoms with Crippen LogP contribution in [0.3, 0.4) is 0 Å². The van der Waals surface area contributed by atoms with Gasteiger partial charge in [-0.3, -0.25) is 14.2 Å². The molecule has 2 aromatic heterocycles. The van der Waals surface area contributed by atoms with Crippen LogP contribution in [0.15, 0.2) is 35.4 Å². The van der Waals surface area contributed by atoms with Crippen LogP contribution in [-0.2, 0) is 28.7 Å². The summed E-state index contributed by atoms with van der Waals surface area (Å²) < 4.78 is 48.7. The number of nitrogens with zero attached hydrogens (tertiary/aromatic N) is 5. The molecule has 0 N–H and O–H groups in total. The van der Waals surface area contributed by atoms with Gasteiger partial charge >= 0.3 is 0 Å². The van der Waals surface area contributed by atoms with Gasteiger partial charge < -0.3 is 14.5 Å². The van der Waals surface area contributed by atoms with Crippen LogP contribution in [0.25, 0.3) is 11.0 Å². The molecule has 2 aliphatic rings. The Kier molecular flexibility index (Phi) is 6.21. The van der Waals surface area contributed by atoms with Crippen LogP contribution in [0.4, 0.5) is 19.0 Å². The first-order valence-electron chi connectivity index (χ1n) is 12.0. The van der Waals surface area contributed by atoms with E-state index in [0.29, 0.717) is 35.4 Å². The number of benzene rings is 1. The molecule has 1 saturated heterocycles. The molecule has 1 amide bonds. The topological polar surface area (TPSA) is 80.6 Å².